The number of nitrogens with one attached hydrogen (secondary N) is 1. The van der Waals surface area contributed by atoms with Crippen molar-refractivity contribution in [2.45, 2.75) is 24.7 Å². The highest BCUT2D eigenvalue weighted by atomic mass is 16.4. The van der Waals surface area contributed by atoms with E-state index >= 15 is 0 Å². The summed E-state index contributed by atoms with van der Waals surface area (Å²) in [6, 6.07) is 12.0. The van der Waals surface area contributed by atoms with Crippen LogP contribution in [0.1, 0.15) is 29.7 Å². The molecule has 1 saturated carbocycles. The molecule has 1 fully saturated rings. The molecule has 2 aromatic rings. The molecular weight excluding hydrogens is 226 g/mol. The Labute approximate surface area is 105 Å². The monoisotopic (exact) mass is 241 g/mol. The summed E-state index contributed by atoms with van der Waals surface area (Å²) in [6.45, 7) is 0. The van der Waals surface area contributed by atoms with Crippen molar-refractivity contribution in [3.63, 3.8) is 0 Å². The van der Waals surface area contributed by atoms with Gasteiger partial charge in [0.1, 0.15) is 0 Å². The number of carboxylic acids is 1. The first-order valence-corrected chi connectivity index (χ1v) is 6.16. The highest BCUT2D eigenvalue weighted by Gasteiger charge is 2.51. The van der Waals surface area contributed by atoms with E-state index in [1.165, 1.54) is 11.3 Å². The maximum atomic E-state index is 11.2. The summed E-state index contributed by atoms with van der Waals surface area (Å²) >= 11 is 0. The van der Waals surface area contributed by atoms with Gasteiger partial charge in [-0.1, -0.05) is 24.3 Å². The number of hydrogen-bond donors (Lipinski definition) is 2. The molecule has 1 aliphatic rings. The third-order valence-electron chi connectivity index (χ3n) is 3.72. The Morgan fingerprint density at radius 3 is 2.44 bits per heavy atom. The van der Waals surface area contributed by atoms with E-state index in [1.54, 1.807) is 0 Å². The molecule has 0 radical (unpaired) electrons. The molecule has 0 saturated heterocycles. The first-order valence-electron chi connectivity index (χ1n) is 6.16. The molecular formula is C15H15NO2. The lowest BCUT2D eigenvalue weighted by molar-refractivity contribution is -0.140. The topological polar surface area (TPSA) is 53.1 Å². The lowest BCUT2D eigenvalue weighted by atomic mass is 9.94. The smallest absolute Gasteiger partial charge is 0.314 e. The minimum absolute atomic E-state index is 0.592. The third-order valence-corrected chi connectivity index (χ3v) is 3.72. The summed E-state index contributed by atoms with van der Waals surface area (Å²) in [5.74, 6) is -0.695. The van der Waals surface area contributed by atoms with E-state index < -0.39 is 11.4 Å². The van der Waals surface area contributed by atoms with Crippen molar-refractivity contribution < 1.29 is 9.90 Å². The van der Waals surface area contributed by atoms with Crippen LogP contribution in [-0.2, 0) is 16.6 Å². The maximum absolute atomic E-state index is 11.2. The Hall–Kier alpha value is -2.03. The van der Waals surface area contributed by atoms with E-state index in [9.17, 15) is 9.90 Å². The zero-order chi connectivity index (χ0) is 12.6. The van der Waals surface area contributed by atoms with Crippen LogP contribution in [0.4, 0.5) is 0 Å². The molecule has 3 rings (SSSR count). The normalized spacial score (nSPS) is 16.4. The standard InChI is InChI=1S/C15H15NO2/c17-14(18)15(7-8-15)12-5-3-11(4-6-12)10-13-2-1-9-16-13/h1-6,9,16H,7-8,10H2,(H,17,18). The number of carboxylic acid groups (broad SMARTS) is 1. The zero-order valence-corrected chi connectivity index (χ0v) is 10.0. The van der Waals surface area contributed by atoms with E-state index in [1.807, 2.05) is 42.6 Å². The summed E-state index contributed by atoms with van der Waals surface area (Å²) in [6.07, 6.45) is 4.29. The Bertz CT molecular complexity index is 551. The van der Waals surface area contributed by atoms with Gasteiger partial charge in [0, 0.05) is 18.3 Å². The quantitative estimate of drug-likeness (QED) is 0.864. The SMILES string of the molecule is O=C(O)C1(c2ccc(Cc3ccc[nH]3)cc2)CC1. The molecule has 0 aliphatic heterocycles. The van der Waals surface area contributed by atoms with Gasteiger partial charge in [-0.3, -0.25) is 4.79 Å². The molecule has 92 valence electrons. The minimum atomic E-state index is -0.695. The van der Waals surface area contributed by atoms with Gasteiger partial charge in [-0.15, -0.1) is 0 Å². The molecule has 0 atom stereocenters. The largest absolute Gasteiger partial charge is 0.481 e. The maximum Gasteiger partial charge on any atom is 0.314 e. The van der Waals surface area contributed by atoms with Crippen LogP contribution >= 0.6 is 0 Å². The van der Waals surface area contributed by atoms with Gasteiger partial charge in [-0.2, -0.15) is 0 Å². The predicted molar refractivity (Wildman–Crippen MR) is 68.6 cm³/mol. The molecule has 1 aliphatic carbocycles. The van der Waals surface area contributed by atoms with E-state index in [2.05, 4.69) is 4.98 Å². The van der Waals surface area contributed by atoms with Crippen molar-refractivity contribution in [3.05, 3.63) is 59.4 Å². The number of aromatic amines is 1. The van der Waals surface area contributed by atoms with Crippen LogP contribution in [0.3, 0.4) is 0 Å². The molecule has 2 N–H and O–H groups in total. The van der Waals surface area contributed by atoms with Crippen molar-refractivity contribution in [2.75, 3.05) is 0 Å². The second kappa shape index (κ2) is 4.02. The van der Waals surface area contributed by atoms with Gasteiger partial charge in [0.2, 0.25) is 0 Å². The van der Waals surface area contributed by atoms with E-state index in [4.69, 9.17) is 0 Å². The van der Waals surface area contributed by atoms with Crippen molar-refractivity contribution >= 4 is 5.97 Å². The number of rotatable bonds is 4. The molecule has 3 heteroatoms. The van der Waals surface area contributed by atoms with Crippen molar-refractivity contribution in [1.82, 2.24) is 4.98 Å². The second-order valence-electron chi connectivity index (χ2n) is 4.96. The van der Waals surface area contributed by atoms with E-state index in [-0.39, 0.29) is 0 Å². The van der Waals surface area contributed by atoms with Crippen LogP contribution in [-0.4, -0.2) is 16.1 Å². The molecule has 1 heterocycles. The van der Waals surface area contributed by atoms with Gasteiger partial charge in [-0.05, 0) is 36.1 Å². The molecule has 0 bridgehead atoms. The van der Waals surface area contributed by atoms with E-state index in [0.717, 1.165) is 24.8 Å². The summed E-state index contributed by atoms with van der Waals surface area (Å²) in [4.78, 5) is 14.4. The van der Waals surface area contributed by atoms with Gasteiger partial charge in [0.25, 0.3) is 0 Å². The molecule has 0 spiro atoms. The van der Waals surface area contributed by atoms with Gasteiger partial charge < -0.3 is 10.1 Å². The number of aromatic nitrogens is 1. The fraction of sp³-hybridized carbons (Fsp3) is 0.267. The van der Waals surface area contributed by atoms with Crippen LogP contribution in [0.2, 0.25) is 0 Å². The molecule has 18 heavy (non-hydrogen) atoms. The van der Waals surface area contributed by atoms with Gasteiger partial charge >= 0.3 is 5.97 Å². The van der Waals surface area contributed by atoms with Gasteiger partial charge in [0.15, 0.2) is 0 Å². The summed E-state index contributed by atoms with van der Waals surface area (Å²) in [5, 5.41) is 9.23. The zero-order valence-electron chi connectivity index (χ0n) is 10.0. The van der Waals surface area contributed by atoms with Crippen LogP contribution in [0.15, 0.2) is 42.6 Å². The van der Waals surface area contributed by atoms with E-state index in [0.29, 0.717) is 0 Å². The summed E-state index contributed by atoms with van der Waals surface area (Å²) < 4.78 is 0. The number of aliphatic carboxylic acids is 1. The fourth-order valence-corrected chi connectivity index (χ4v) is 2.39. The van der Waals surface area contributed by atoms with Crippen LogP contribution in [0, 0.1) is 0 Å². The number of H-pyrrole nitrogens is 1. The number of benzene rings is 1. The number of carbonyl (C=O) groups is 1. The molecule has 0 amide bonds. The first kappa shape index (κ1) is 11.1. The fourth-order valence-electron chi connectivity index (χ4n) is 2.39. The third kappa shape index (κ3) is 1.82. The number of hydrogen-bond acceptors (Lipinski definition) is 1. The van der Waals surface area contributed by atoms with Crippen molar-refractivity contribution in [2.24, 2.45) is 0 Å². The van der Waals surface area contributed by atoms with Crippen LogP contribution in [0.25, 0.3) is 0 Å². The Morgan fingerprint density at radius 2 is 1.94 bits per heavy atom. The summed E-state index contributed by atoms with van der Waals surface area (Å²) in [5.41, 5.74) is 2.71. The lowest BCUT2D eigenvalue weighted by Gasteiger charge is -2.10. The average Bonchev–Trinajstić information content (AvgIpc) is 3.04. The predicted octanol–water partition coefficient (Wildman–Crippen LogP) is 2.72. The first-order chi connectivity index (χ1) is 8.71. The molecule has 0 unspecified atom stereocenters. The molecule has 1 aromatic heterocycles. The Kier molecular flexibility index (Phi) is 2.47. The van der Waals surface area contributed by atoms with Crippen LogP contribution < -0.4 is 0 Å². The summed E-state index contributed by atoms with van der Waals surface area (Å²) in [7, 11) is 0. The lowest BCUT2D eigenvalue weighted by Crippen LogP contribution is -2.19. The molecule has 3 nitrogen and oxygen atoms in total. The Balaban J connectivity index is 1.79. The van der Waals surface area contributed by atoms with Gasteiger partial charge in [0.05, 0.1) is 5.41 Å². The average molecular weight is 241 g/mol. The van der Waals surface area contributed by atoms with Crippen LogP contribution in [0.5, 0.6) is 0 Å². The second-order valence-corrected chi connectivity index (χ2v) is 4.96. The minimum Gasteiger partial charge on any atom is -0.481 e. The highest BCUT2D eigenvalue weighted by molar-refractivity contribution is 5.84. The van der Waals surface area contributed by atoms with Crippen molar-refractivity contribution in [1.29, 1.82) is 0 Å². The van der Waals surface area contributed by atoms with Gasteiger partial charge in [-0.25, -0.2) is 0 Å². The molecule has 1 aromatic carbocycles. The Morgan fingerprint density at radius 1 is 1.22 bits per heavy atom. The highest BCUT2D eigenvalue weighted by Crippen LogP contribution is 2.48. The van der Waals surface area contributed by atoms with Crippen molar-refractivity contribution in [3.8, 4) is 0 Å².